The smallest absolute Gasteiger partial charge is 0.160 e. The minimum atomic E-state index is -0.202. The van der Waals surface area contributed by atoms with Gasteiger partial charge in [0, 0.05) is 20.6 Å². The monoisotopic (exact) mass is 264 g/mol. The van der Waals surface area contributed by atoms with Crippen LogP contribution in [0.1, 0.15) is 46.5 Å². The number of hydrogen-bond acceptors (Lipinski definition) is 2. The Morgan fingerprint density at radius 3 is 2.53 bits per heavy atom. The molecule has 0 unspecified atom stereocenters. The van der Waals surface area contributed by atoms with Crippen molar-refractivity contribution < 1.29 is 9.47 Å². The van der Waals surface area contributed by atoms with Gasteiger partial charge in [-0.2, -0.15) is 0 Å². The van der Waals surface area contributed by atoms with Crippen LogP contribution in [-0.4, -0.2) is 20.5 Å². The van der Waals surface area contributed by atoms with E-state index in [0.717, 1.165) is 5.57 Å². The van der Waals surface area contributed by atoms with E-state index < -0.39 is 0 Å². The Hall–Kier alpha value is -0.860. The van der Waals surface area contributed by atoms with Gasteiger partial charge in [-0.05, 0) is 37.2 Å². The minimum Gasteiger partial charge on any atom is -0.356 e. The van der Waals surface area contributed by atoms with Gasteiger partial charge in [0.25, 0.3) is 0 Å². The van der Waals surface area contributed by atoms with Crippen LogP contribution in [0, 0.1) is 5.41 Å². The highest BCUT2D eigenvalue weighted by atomic mass is 16.7. The summed E-state index contributed by atoms with van der Waals surface area (Å²) in [5.74, 6) is 0. The zero-order valence-corrected chi connectivity index (χ0v) is 13.1. The maximum atomic E-state index is 5.20. The van der Waals surface area contributed by atoms with E-state index in [4.69, 9.17) is 9.47 Å². The predicted molar refractivity (Wildman–Crippen MR) is 81.0 cm³/mol. The summed E-state index contributed by atoms with van der Waals surface area (Å²) < 4.78 is 10.4. The molecule has 0 N–H and O–H groups in total. The van der Waals surface area contributed by atoms with Crippen molar-refractivity contribution in [2.24, 2.45) is 5.41 Å². The molecule has 0 aromatic carbocycles. The molecule has 0 saturated heterocycles. The van der Waals surface area contributed by atoms with Crippen LogP contribution >= 0.6 is 0 Å². The second-order valence-corrected chi connectivity index (χ2v) is 6.03. The molecule has 0 saturated carbocycles. The van der Waals surface area contributed by atoms with Gasteiger partial charge in [-0.1, -0.05) is 43.7 Å². The summed E-state index contributed by atoms with van der Waals surface area (Å²) in [5.41, 5.74) is 4.29. The van der Waals surface area contributed by atoms with Gasteiger partial charge in [0.2, 0.25) is 0 Å². The highest BCUT2D eigenvalue weighted by Crippen LogP contribution is 2.40. The third-order valence-electron chi connectivity index (χ3n) is 3.98. The zero-order chi connectivity index (χ0) is 14.5. The molecular weight excluding hydrogens is 236 g/mol. The van der Waals surface area contributed by atoms with Crippen LogP contribution < -0.4 is 0 Å². The van der Waals surface area contributed by atoms with Crippen LogP contribution in [-0.2, 0) is 9.47 Å². The van der Waals surface area contributed by atoms with Crippen LogP contribution in [0.15, 0.2) is 35.5 Å². The third-order valence-corrected chi connectivity index (χ3v) is 3.98. The molecular formula is C17H28O2. The lowest BCUT2D eigenvalue weighted by atomic mass is 9.72. The number of hydrogen-bond donors (Lipinski definition) is 0. The van der Waals surface area contributed by atoms with Gasteiger partial charge in [0.15, 0.2) is 6.29 Å². The standard InChI is InChI=1S/C17H28O2/c1-13(12-16(18-5)19-6)9-10-15-14(2)8-7-11-17(15,3)4/h9-10,16H,1,7-8,11-12H2,2-6H3/b10-9+. The molecule has 1 rings (SSSR count). The molecule has 0 heterocycles. The number of methoxy groups -OCH3 is 2. The minimum absolute atomic E-state index is 0.202. The predicted octanol–water partition coefficient (Wildman–Crippen LogP) is 4.63. The maximum absolute atomic E-state index is 5.20. The van der Waals surface area contributed by atoms with Crippen molar-refractivity contribution in [1.82, 2.24) is 0 Å². The summed E-state index contributed by atoms with van der Waals surface area (Å²) in [6, 6.07) is 0. The first-order chi connectivity index (χ1) is 8.90. The Kier molecular flexibility index (Phi) is 6.02. The van der Waals surface area contributed by atoms with E-state index in [1.807, 2.05) is 0 Å². The number of rotatable bonds is 6. The van der Waals surface area contributed by atoms with Crippen LogP contribution in [0.5, 0.6) is 0 Å². The molecule has 2 nitrogen and oxygen atoms in total. The molecule has 0 fully saturated rings. The summed E-state index contributed by atoms with van der Waals surface area (Å²) in [6.07, 6.45) is 8.62. The van der Waals surface area contributed by atoms with Crippen molar-refractivity contribution in [2.45, 2.75) is 52.7 Å². The van der Waals surface area contributed by atoms with Gasteiger partial charge in [-0.3, -0.25) is 0 Å². The molecule has 0 bridgehead atoms. The first-order valence-corrected chi connectivity index (χ1v) is 7.02. The molecule has 1 aliphatic carbocycles. The molecule has 2 heteroatoms. The van der Waals surface area contributed by atoms with Gasteiger partial charge in [-0.15, -0.1) is 0 Å². The van der Waals surface area contributed by atoms with Crippen LogP contribution in [0.3, 0.4) is 0 Å². The quantitative estimate of drug-likeness (QED) is 0.514. The van der Waals surface area contributed by atoms with Crippen molar-refractivity contribution in [3.8, 4) is 0 Å². The van der Waals surface area contributed by atoms with E-state index in [2.05, 4.69) is 39.5 Å². The van der Waals surface area contributed by atoms with Gasteiger partial charge in [0.1, 0.15) is 0 Å². The van der Waals surface area contributed by atoms with Crippen molar-refractivity contribution in [3.63, 3.8) is 0 Å². The highest BCUT2D eigenvalue weighted by molar-refractivity contribution is 5.35. The first kappa shape index (κ1) is 16.2. The average molecular weight is 264 g/mol. The summed E-state index contributed by atoms with van der Waals surface area (Å²) >= 11 is 0. The van der Waals surface area contributed by atoms with E-state index in [1.54, 1.807) is 14.2 Å². The topological polar surface area (TPSA) is 18.5 Å². The fourth-order valence-corrected chi connectivity index (χ4v) is 2.76. The SMILES string of the molecule is C=C(/C=C/C1=C(C)CCCC1(C)C)CC(OC)OC. The Morgan fingerprint density at radius 2 is 2.00 bits per heavy atom. The van der Waals surface area contributed by atoms with Crippen molar-refractivity contribution in [2.75, 3.05) is 14.2 Å². The lowest BCUT2D eigenvalue weighted by Crippen LogP contribution is -2.19. The van der Waals surface area contributed by atoms with Gasteiger partial charge < -0.3 is 9.47 Å². The Balaban J connectivity index is 2.72. The van der Waals surface area contributed by atoms with Gasteiger partial charge >= 0.3 is 0 Å². The molecule has 0 aromatic rings. The lowest BCUT2D eigenvalue weighted by Gasteiger charge is -2.33. The van der Waals surface area contributed by atoms with Gasteiger partial charge in [-0.25, -0.2) is 0 Å². The third kappa shape index (κ3) is 4.63. The summed E-state index contributed by atoms with van der Waals surface area (Å²) in [6.45, 7) is 11.0. The second-order valence-electron chi connectivity index (χ2n) is 6.03. The normalized spacial score (nSPS) is 19.5. The Morgan fingerprint density at radius 1 is 1.37 bits per heavy atom. The summed E-state index contributed by atoms with van der Waals surface area (Å²) in [4.78, 5) is 0. The molecule has 0 radical (unpaired) electrons. The Bertz CT molecular complexity index is 371. The molecule has 0 amide bonds. The Labute approximate surface area is 118 Å². The molecule has 19 heavy (non-hydrogen) atoms. The molecule has 108 valence electrons. The van der Waals surface area contributed by atoms with Crippen LogP contribution in [0.2, 0.25) is 0 Å². The van der Waals surface area contributed by atoms with Gasteiger partial charge in [0.05, 0.1) is 0 Å². The fraction of sp³-hybridized carbons (Fsp3) is 0.647. The molecule has 0 aliphatic heterocycles. The lowest BCUT2D eigenvalue weighted by molar-refractivity contribution is -0.0996. The summed E-state index contributed by atoms with van der Waals surface area (Å²) in [5, 5.41) is 0. The molecule has 0 atom stereocenters. The van der Waals surface area contributed by atoms with E-state index >= 15 is 0 Å². The number of allylic oxidation sites excluding steroid dienone is 4. The molecule has 0 spiro atoms. The average Bonchev–Trinajstić information content (AvgIpc) is 2.34. The van der Waals surface area contributed by atoms with E-state index in [9.17, 15) is 0 Å². The van der Waals surface area contributed by atoms with E-state index in [1.165, 1.54) is 30.4 Å². The van der Waals surface area contributed by atoms with Crippen molar-refractivity contribution in [1.29, 1.82) is 0 Å². The first-order valence-electron chi connectivity index (χ1n) is 7.02. The van der Waals surface area contributed by atoms with Crippen LogP contribution in [0.25, 0.3) is 0 Å². The summed E-state index contributed by atoms with van der Waals surface area (Å²) in [7, 11) is 3.31. The maximum Gasteiger partial charge on any atom is 0.160 e. The molecule has 1 aliphatic rings. The highest BCUT2D eigenvalue weighted by Gasteiger charge is 2.26. The van der Waals surface area contributed by atoms with Crippen molar-refractivity contribution in [3.05, 3.63) is 35.5 Å². The van der Waals surface area contributed by atoms with E-state index in [0.29, 0.717) is 6.42 Å². The zero-order valence-electron chi connectivity index (χ0n) is 13.1. The molecule has 0 aromatic heterocycles. The largest absolute Gasteiger partial charge is 0.356 e. The fourth-order valence-electron chi connectivity index (χ4n) is 2.76. The van der Waals surface area contributed by atoms with E-state index in [-0.39, 0.29) is 11.7 Å². The second kappa shape index (κ2) is 7.06. The van der Waals surface area contributed by atoms with Crippen LogP contribution in [0.4, 0.5) is 0 Å². The van der Waals surface area contributed by atoms with Crippen molar-refractivity contribution >= 4 is 0 Å². The number of ether oxygens (including phenoxy) is 2.